The molecule has 0 aliphatic heterocycles. The van der Waals surface area contributed by atoms with Crippen LogP contribution in [0.25, 0.3) is 99.2 Å². The van der Waals surface area contributed by atoms with Crippen molar-refractivity contribution in [2.24, 2.45) is 0 Å². The van der Waals surface area contributed by atoms with Crippen molar-refractivity contribution in [3.05, 3.63) is 182 Å². The molecule has 11 aromatic rings. The lowest BCUT2D eigenvalue weighted by atomic mass is 9.98. The first-order valence-electron chi connectivity index (χ1n) is 17.4. The van der Waals surface area contributed by atoms with Gasteiger partial charge in [0.05, 0.1) is 27.8 Å². The normalized spacial score (nSPS) is 11.9. The van der Waals surface area contributed by atoms with E-state index >= 15 is 0 Å². The predicted molar refractivity (Wildman–Crippen MR) is 213 cm³/mol. The van der Waals surface area contributed by atoms with E-state index in [4.69, 9.17) is 4.42 Å². The molecule has 0 saturated heterocycles. The Balaban J connectivity index is 1.18. The molecule has 0 aliphatic rings. The van der Waals surface area contributed by atoms with Crippen molar-refractivity contribution in [1.29, 1.82) is 0 Å². The summed E-state index contributed by atoms with van der Waals surface area (Å²) in [5.41, 5.74) is 13.5. The lowest BCUT2D eigenvalue weighted by Crippen LogP contribution is -1.97. The van der Waals surface area contributed by atoms with Crippen molar-refractivity contribution in [3.8, 4) is 33.6 Å². The molecule has 3 heteroatoms. The number of hydrogen-bond donors (Lipinski definition) is 0. The quantitative estimate of drug-likeness (QED) is 0.186. The molecule has 3 nitrogen and oxygen atoms in total. The molecule has 3 aromatic heterocycles. The fraction of sp³-hybridized carbons (Fsp3) is 0. The summed E-state index contributed by atoms with van der Waals surface area (Å²) in [5, 5.41) is 7.24. The molecule has 3 heterocycles. The van der Waals surface area contributed by atoms with Gasteiger partial charge in [0.2, 0.25) is 0 Å². The Morgan fingerprint density at radius 2 is 0.961 bits per heavy atom. The van der Waals surface area contributed by atoms with Gasteiger partial charge >= 0.3 is 0 Å². The van der Waals surface area contributed by atoms with Gasteiger partial charge in [0.25, 0.3) is 0 Å². The highest BCUT2D eigenvalue weighted by Gasteiger charge is 2.21. The third-order valence-electron chi connectivity index (χ3n) is 10.5. The van der Waals surface area contributed by atoms with Crippen LogP contribution in [-0.4, -0.2) is 9.13 Å². The molecular weight excluding hydrogens is 621 g/mol. The van der Waals surface area contributed by atoms with Crippen LogP contribution in [0.2, 0.25) is 0 Å². The second kappa shape index (κ2) is 10.8. The third kappa shape index (κ3) is 4.06. The molecular formula is C48H30N2O. The Hall–Kier alpha value is -6.84. The summed E-state index contributed by atoms with van der Waals surface area (Å²) < 4.78 is 11.4. The summed E-state index contributed by atoms with van der Waals surface area (Å²) in [6.07, 6.45) is 0. The van der Waals surface area contributed by atoms with Crippen LogP contribution in [0.5, 0.6) is 0 Å². The predicted octanol–water partition coefficient (Wildman–Crippen LogP) is 13.1. The molecule has 0 unspecified atom stereocenters. The lowest BCUT2D eigenvalue weighted by molar-refractivity contribution is 0.670. The van der Waals surface area contributed by atoms with Crippen LogP contribution in [0.3, 0.4) is 0 Å². The fourth-order valence-corrected chi connectivity index (χ4v) is 8.37. The van der Waals surface area contributed by atoms with E-state index < -0.39 is 0 Å². The summed E-state index contributed by atoms with van der Waals surface area (Å²) in [6.45, 7) is 0. The van der Waals surface area contributed by atoms with E-state index in [0.717, 1.165) is 44.4 Å². The maximum absolute atomic E-state index is 6.55. The molecule has 0 radical (unpaired) electrons. The maximum atomic E-state index is 6.55. The number of para-hydroxylation sites is 6. The smallest absolute Gasteiger partial charge is 0.143 e. The van der Waals surface area contributed by atoms with Crippen molar-refractivity contribution in [2.45, 2.75) is 0 Å². The summed E-state index contributed by atoms with van der Waals surface area (Å²) in [6, 6.07) is 65.4. The minimum atomic E-state index is 0.905. The molecule has 0 spiro atoms. The fourth-order valence-electron chi connectivity index (χ4n) is 8.37. The number of rotatable bonds is 4. The largest absolute Gasteiger partial charge is 0.455 e. The van der Waals surface area contributed by atoms with Crippen molar-refractivity contribution < 1.29 is 4.42 Å². The first-order chi connectivity index (χ1) is 25.3. The maximum Gasteiger partial charge on any atom is 0.143 e. The highest BCUT2D eigenvalue weighted by atomic mass is 16.3. The molecule has 0 fully saturated rings. The van der Waals surface area contributed by atoms with Gasteiger partial charge in [-0.3, -0.25) is 0 Å². The average molecular weight is 651 g/mol. The van der Waals surface area contributed by atoms with Crippen molar-refractivity contribution in [1.82, 2.24) is 9.13 Å². The highest BCUT2D eigenvalue weighted by Crippen LogP contribution is 2.44. The molecule has 0 N–H and O–H groups in total. The first-order valence-corrected chi connectivity index (χ1v) is 17.4. The molecule has 51 heavy (non-hydrogen) atoms. The number of furan rings is 1. The molecule has 0 atom stereocenters. The molecule has 0 amide bonds. The standard InChI is InChI=1S/C48H30N2O/c1-2-14-32(15-3-1)49-41-23-8-4-16-34(41)36-29-28-31(30-45(36)49)33-20-13-26-44-47(33)40-19-6-10-25-43(40)50(44)42-24-9-5-17-35(42)38-21-12-22-39-37-18-7-11-27-46(37)51-48(38)39/h1-30H. The Morgan fingerprint density at radius 1 is 0.353 bits per heavy atom. The van der Waals surface area contributed by atoms with E-state index in [-0.39, 0.29) is 0 Å². The van der Waals surface area contributed by atoms with Gasteiger partial charge in [-0.15, -0.1) is 0 Å². The van der Waals surface area contributed by atoms with Crippen molar-refractivity contribution in [3.63, 3.8) is 0 Å². The van der Waals surface area contributed by atoms with Crippen LogP contribution < -0.4 is 0 Å². The van der Waals surface area contributed by atoms with Gasteiger partial charge in [-0.2, -0.15) is 0 Å². The van der Waals surface area contributed by atoms with Crippen LogP contribution in [0.4, 0.5) is 0 Å². The number of fused-ring (bicyclic) bond motifs is 9. The van der Waals surface area contributed by atoms with Gasteiger partial charge in [-0.25, -0.2) is 0 Å². The van der Waals surface area contributed by atoms with Crippen molar-refractivity contribution >= 4 is 65.6 Å². The molecule has 11 rings (SSSR count). The Kier molecular flexibility index (Phi) is 5.96. The van der Waals surface area contributed by atoms with E-state index in [0.29, 0.717) is 0 Å². The molecule has 0 aliphatic carbocycles. The van der Waals surface area contributed by atoms with E-state index in [1.54, 1.807) is 0 Å². The number of nitrogens with zero attached hydrogens (tertiary/aromatic N) is 2. The van der Waals surface area contributed by atoms with Gasteiger partial charge in [0, 0.05) is 49.1 Å². The Morgan fingerprint density at radius 3 is 1.84 bits per heavy atom. The zero-order valence-corrected chi connectivity index (χ0v) is 27.6. The van der Waals surface area contributed by atoms with E-state index in [1.165, 1.54) is 54.7 Å². The van der Waals surface area contributed by atoms with Crippen molar-refractivity contribution in [2.75, 3.05) is 0 Å². The second-order valence-corrected chi connectivity index (χ2v) is 13.3. The number of hydrogen-bond acceptors (Lipinski definition) is 1. The van der Waals surface area contributed by atoms with E-state index in [2.05, 4.69) is 185 Å². The van der Waals surface area contributed by atoms with E-state index in [1.807, 2.05) is 6.07 Å². The molecule has 0 saturated carbocycles. The summed E-state index contributed by atoms with van der Waals surface area (Å²) >= 11 is 0. The minimum absolute atomic E-state index is 0.905. The zero-order valence-electron chi connectivity index (χ0n) is 27.6. The topological polar surface area (TPSA) is 23.0 Å². The number of aromatic nitrogens is 2. The summed E-state index contributed by atoms with van der Waals surface area (Å²) in [7, 11) is 0. The molecule has 0 bridgehead atoms. The Labute approximate surface area is 293 Å². The van der Waals surface area contributed by atoms with E-state index in [9.17, 15) is 0 Å². The summed E-state index contributed by atoms with van der Waals surface area (Å²) in [4.78, 5) is 0. The number of benzene rings is 8. The van der Waals surface area contributed by atoms with Crippen LogP contribution in [0, 0.1) is 0 Å². The van der Waals surface area contributed by atoms with Crippen LogP contribution in [0.1, 0.15) is 0 Å². The molecule has 8 aromatic carbocycles. The van der Waals surface area contributed by atoms with Gasteiger partial charge in [0.1, 0.15) is 11.2 Å². The SMILES string of the molecule is c1ccc(-n2c3ccccc3c3ccc(-c4cccc5c4c4ccccc4n5-c4ccccc4-c4cccc5c4oc4ccccc45)cc32)cc1. The van der Waals surface area contributed by atoms with Gasteiger partial charge in [0.15, 0.2) is 0 Å². The van der Waals surface area contributed by atoms with Crippen LogP contribution in [-0.2, 0) is 0 Å². The first kappa shape index (κ1) is 28.0. The van der Waals surface area contributed by atoms with Gasteiger partial charge < -0.3 is 13.6 Å². The van der Waals surface area contributed by atoms with Gasteiger partial charge in [-0.1, -0.05) is 133 Å². The van der Waals surface area contributed by atoms with Crippen LogP contribution >= 0.6 is 0 Å². The lowest BCUT2D eigenvalue weighted by Gasteiger charge is -2.14. The Bertz CT molecular complexity index is 3140. The highest BCUT2D eigenvalue weighted by molar-refractivity contribution is 6.18. The monoisotopic (exact) mass is 650 g/mol. The van der Waals surface area contributed by atoms with Gasteiger partial charge in [-0.05, 0) is 59.7 Å². The average Bonchev–Trinajstić information content (AvgIpc) is 3.86. The van der Waals surface area contributed by atoms with Crippen LogP contribution in [0.15, 0.2) is 186 Å². The second-order valence-electron chi connectivity index (χ2n) is 13.3. The third-order valence-corrected chi connectivity index (χ3v) is 10.5. The zero-order chi connectivity index (χ0) is 33.5. The minimum Gasteiger partial charge on any atom is -0.455 e. The summed E-state index contributed by atoms with van der Waals surface area (Å²) in [5.74, 6) is 0. The molecule has 238 valence electrons.